The fourth-order valence-electron chi connectivity index (χ4n) is 2.47. The average Bonchev–Trinajstić information content (AvgIpc) is 2.64. The molecule has 0 bridgehead atoms. The lowest BCUT2D eigenvalue weighted by molar-refractivity contribution is 0.00578. The summed E-state index contributed by atoms with van der Waals surface area (Å²) in [6.45, 7) is 7.54. The van der Waals surface area contributed by atoms with Crippen molar-refractivity contribution in [3.63, 3.8) is 0 Å². The van der Waals surface area contributed by atoms with E-state index in [1.165, 1.54) is 6.26 Å². The quantitative estimate of drug-likeness (QED) is 0.823. The van der Waals surface area contributed by atoms with E-state index < -0.39 is 28.2 Å². The van der Waals surface area contributed by atoms with Gasteiger partial charge in [-0.15, -0.1) is 0 Å². The standard InChI is InChI=1S/C17H25BO5S/c1-16(2)17(3,4)23-18(22-16)15(11-19)10-13-8-6-7-9-14(13)12-24(5,20)21/h6-10,19H,11-12H2,1-5H3. The first kappa shape index (κ1) is 19.2. The van der Waals surface area contributed by atoms with Crippen LogP contribution in [0, 0.1) is 0 Å². The zero-order valence-electron chi connectivity index (χ0n) is 14.9. The zero-order chi connectivity index (χ0) is 18.2. The van der Waals surface area contributed by atoms with Crippen LogP contribution in [0.25, 0.3) is 6.08 Å². The normalized spacial score (nSPS) is 20.4. The van der Waals surface area contributed by atoms with Crippen LogP contribution in [-0.4, -0.2) is 44.7 Å². The molecule has 7 heteroatoms. The molecule has 1 heterocycles. The second kappa shape index (κ2) is 6.63. The molecule has 0 aromatic heterocycles. The van der Waals surface area contributed by atoms with Gasteiger partial charge >= 0.3 is 7.12 Å². The molecular formula is C17H25BO5S. The molecule has 0 radical (unpaired) electrons. The molecule has 1 aromatic carbocycles. The summed E-state index contributed by atoms with van der Waals surface area (Å²) < 4.78 is 35.2. The van der Waals surface area contributed by atoms with E-state index in [0.29, 0.717) is 11.0 Å². The van der Waals surface area contributed by atoms with E-state index in [9.17, 15) is 13.5 Å². The summed E-state index contributed by atoms with van der Waals surface area (Å²) in [5.41, 5.74) is 0.981. The first-order valence-electron chi connectivity index (χ1n) is 7.88. The molecule has 1 aliphatic rings. The molecule has 24 heavy (non-hydrogen) atoms. The Kier molecular flexibility index (Phi) is 5.30. The van der Waals surface area contributed by atoms with Gasteiger partial charge in [-0.25, -0.2) is 8.42 Å². The zero-order valence-corrected chi connectivity index (χ0v) is 15.7. The van der Waals surface area contributed by atoms with Crippen LogP contribution in [0.2, 0.25) is 0 Å². The maximum atomic E-state index is 11.6. The second-order valence-electron chi connectivity index (χ2n) is 7.23. The molecule has 0 amide bonds. The minimum Gasteiger partial charge on any atom is -0.400 e. The lowest BCUT2D eigenvalue weighted by atomic mass is 9.77. The fraction of sp³-hybridized carbons (Fsp3) is 0.529. The van der Waals surface area contributed by atoms with E-state index in [4.69, 9.17) is 9.31 Å². The molecule has 1 saturated heterocycles. The largest absolute Gasteiger partial charge is 0.492 e. The Balaban J connectivity index is 2.36. The first-order chi connectivity index (χ1) is 11.0. The molecular weight excluding hydrogens is 327 g/mol. The van der Waals surface area contributed by atoms with Gasteiger partial charge in [0.15, 0.2) is 9.84 Å². The third-order valence-corrected chi connectivity index (χ3v) is 5.39. The van der Waals surface area contributed by atoms with Gasteiger partial charge in [0.05, 0.1) is 23.6 Å². The van der Waals surface area contributed by atoms with Gasteiger partial charge in [0, 0.05) is 6.26 Å². The van der Waals surface area contributed by atoms with Crippen LogP contribution >= 0.6 is 0 Å². The molecule has 1 N–H and O–H groups in total. The van der Waals surface area contributed by atoms with Gasteiger partial charge in [-0.2, -0.15) is 0 Å². The molecule has 0 unspecified atom stereocenters. The highest BCUT2D eigenvalue weighted by Gasteiger charge is 2.52. The Hall–Kier alpha value is -1.15. The topological polar surface area (TPSA) is 72.8 Å². The predicted octanol–water partition coefficient (Wildman–Crippen LogP) is 2.24. The van der Waals surface area contributed by atoms with Gasteiger partial charge in [-0.05, 0) is 44.3 Å². The van der Waals surface area contributed by atoms with Crippen LogP contribution < -0.4 is 0 Å². The lowest BCUT2D eigenvalue weighted by Crippen LogP contribution is -2.41. The van der Waals surface area contributed by atoms with Crippen molar-refractivity contribution in [3.05, 3.63) is 40.9 Å². The van der Waals surface area contributed by atoms with Crippen molar-refractivity contribution in [2.24, 2.45) is 0 Å². The second-order valence-corrected chi connectivity index (χ2v) is 9.37. The minimum absolute atomic E-state index is 0.0538. The maximum Gasteiger partial charge on any atom is 0.492 e. The molecule has 5 nitrogen and oxygen atoms in total. The van der Waals surface area contributed by atoms with E-state index >= 15 is 0 Å². The summed E-state index contributed by atoms with van der Waals surface area (Å²) in [6, 6.07) is 7.22. The van der Waals surface area contributed by atoms with Crippen molar-refractivity contribution < 1.29 is 22.8 Å². The highest BCUT2D eigenvalue weighted by Crippen LogP contribution is 2.38. The molecule has 0 aliphatic carbocycles. The van der Waals surface area contributed by atoms with Gasteiger partial charge in [0.25, 0.3) is 0 Å². The summed E-state index contributed by atoms with van der Waals surface area (Å²) in [5.74, 6) is -0.0538. The molecule has 0 atom stereocenters. The van der Waals surface area contributed by atoms with Crippen LogP contribution in [-0.2, 0) is 24.9 Å². The van der Waals surface area contributed by atoms with Crippen molar-refractivity contribution in [2.75, 3.05) is 12.9 Å². The number of hydrogen-bond acceptors (Lipinski definition) is 5. The predicted molar refractivity (Wildman–Crippen MR) is 96.1 cm³/mol. The van der Waals surface area contributed by atoms with Gasteiger partial charge in [0.1, 0.15) is 0 Å². The van der Waals surface area contributed by atoms with E-state index in [1.54, 1.807) is 18.2 Å². The van der Waals surface area contributed by atoms with E-state index in [0.717, 1.165) is 5.56 Å². The first-order valence-corrected chi connectivity index (χ1v) is 9.94. The van der Waals surface area contributed by atoms with Crippen LogP contribution in [0.3, 0.4) is 0 Å². The summed E-state index contributed by atoms with van der Waals surface area (Å²) in [5, 5.41) is 9.77. The van der Waals surface area contributed by atoms with Crippen molar-refractivity contribution in [1.82, 2.24) is 0 Å². The van der Waals surface area contributed by atoms with Gasteiger partial charge in [-0.3, -0.25) is 0 Å². The molecule has 1 aromatic rings. The van der Waals surface area contributed by atoms with Crippen molar-refractivity contribution in [2.45, 2.75) is 44.6 Å². The molecule has 2 rings (SSSR count). The molecule has 0 saturated carbocycles. The third-order valence-electron chi connectivity index (χ3n) is 4.55. The minimum atomic E-state index is -3.15. The van der Waals surface area contributed by atoms with Crippen LogP contribution in [0.1, 0.15) is 38.8 Å². The van der Waals surface area contributed by atoms with Gasteiger partial charge in [0.2, 0.25) is 0 Å². The average molecular weight is 352 g/mol. The number of sulfone groups is 1. The number of rotatable bonds is 5. The van der Waals surface area contributed by atoms with E-state index in [-0.39, 0.29) is 12.4 Å². The van der Waals surface area contributed by atoms with Crippen LogP contribution in [0.4, 0.5) is 0 Å². The van der Waals surface area contributed by atoms with Crippen molar-refractivity contribution >= 4 is 23.0 Å². The summed E-state index contributed by atoms with van der Waals surface area (Å²) >= 11 is 0. The number of hydrogen-bond donors (Lipinski definition) is 1. The maximum absolute atomic E-state index is 11.6. The molecule has 1 aliphatic heterocycles. The Bertz CT molecular complexity index is 721. The SMILES string of the molecule is CC1(C)OB(C(=Cc2ccccc2CS(C)(=O)=O)CO)OC1(C)C. The summed E-state index contributed by atoms with van der Waals surface area (Å²) in [7, 11) is -3.81. The Labute approximate surface area is 144 Å². The van der Waals surface area contributed by atoms with E-state index in [1.807, 2.05) is 39.8 Å². The van der Waals surface area contributed by atoms with Crippen molar-refractivity contribution in [3.8, 4) is 0 Å². The highest BCUT2D eigenvalue weighted by molar-refractivity contribution is 7.89. The number of benzene rings is 1. The summed E-state index contributed by atoms with van der Waals surface area (Å²) in [4.78, 5) is 0. The Morgan fingerprint density at radius 1 is 1.17 bits per heavy atom. The molecule has 132 valence electrons. The van der Waals surface area contributed by atoms with Crippen LogP contribution in [0.15, 0.2) is 29.7 Å². The number of aliphatic hydroxyl groups is 1. The number of aliphatic hydroxyl groups excluding tert-OH is 1. The smallest absolute Gasteiger partial charge is 0.400 e. The molecule has 0 spiro atoms. The van der Waals surface area contributed by atoms with Gasteiger partial charge < -0.3 is 14.4 Å². The fourth-order valence-corrected chi connectivity index (χ4v) is 3.30. The third kappa shape index (κ3) is 4.27. The summed E-state index contributed by atoms with van der Waals surface area (Å²) in [6.07, 6.45) is 2.96. The van der Waals surface area contributed by atoms with Crippen LogP contribution in [0.5, 0.6) is 0 Å². The van der Waals surface area contributed by atoms with Gasteiger partial charge in [-0.1, -0.05) is 30.3 Å². The van der Waals surface area contributed by atoms with Crippen molar-refractivity contribution in [1.29, 1.82) is 0 Å². The lowest BCUT2D eigenvalue weighted by Gasteiger charge is -2.32. The Morgan fingerprint density at radius 3 is 2.21 bits per heavy atom. The van der Waals surface area contributed by atoms with E-state index in [2.05, 4.69) is 0 Å². The molecule has 1 fully saturated rings. The highest BCUT2D eigenvalue weighted by atomic mass is 32.2. The monoisotopic (exact) mass is 352 g/mol. The Morgan fingerprint density at radius 2 is 1.71 bits per heavy atom.